The minimum absolute atomic E-state index is 0.0431. The molecule has 1 N–H and O–H groups in total. The van der Waals surface area contributed by atoms with Crippen molar-refractivity contribution in [2.24, 2.45) is 0 Å². The Morgan fingerprint density at radius 3 is 2.57 bits per heavy atom. The van der Waals surface area contributed by atoms with Crippen LogP contribution in [-0.4, -0.2) is 62.3 Å². The van der Waals surface area contributed by atoms with Crippen molar-refractivity contribution in [2.45, 2.75) is 19.1 Å². The Balaban J connectivity index is 1.57. The highest BCUT2D eigenvalue weighted by Gasteiger charge is 2.33. The van der Waals surface area contributed by atoms with E-state index in [1.54, 1.807) is 0 Å². The first-order valence-electron chi connectivity index (χ1n) is 7.69. The third kappa shape index (κ3) is 3.19. The lowest BCUT2D eigenvalue weighted by Crippen LogP contribution is -2.59. The van der Waals surface area contributed by atoms with Crippen LogP contribution in [0.1, 0.15) is 6.92 Å². The molecule has 2 aliphatic rings. The number of carbonyl (C=O) groups excluding carboxylic acids is 1. The van der Waals surface area contributed by atoms with Crippen molar-refractivity contribution in [3.8, 4) is 0 Å². The van der Waals surface area contributed by atoms with Crippen LogP contribution in [0.15, 0.2) is 30.3 Å². The quantitative estimate of drug-likeness (QED) is 0.871. The Labute approximate surface area is 125 Å². The van der Waals surface area contributed by atoms with Gasteiger partial charge in [0.25, 0.3) is 0 Å². The number of piperazine rings is 1. The van der Waals surface area contributed by atoms with Gasteiger partial charge < -0.3 is 19.9 Å². The lowest BCUT2D eigenvalue weighted by molar-refractivity contribution is -0.139. The molecule has 5 nitrogen and oxygen atoms in total. The molecule has 2 fully saturated rings. The zero-order chi connectivity index (χ0) is 14.7. The molecule has 0 unspecified atom stereocenters. The fourth-order valence-electron chi connectivity index (χ4n) is 3.03. The monoisotopic (exact) mass is 289 g/mol. The molecule has 0 aromatic heterocycles. The number of hydrogen-bond acceptors (Lipinski definition) is 4. The first-order chi connectivity index (χ1) is 10.3. The molecule has 0 aliphatic carbocycles. The van der Waals surface area contributed by atoms with Crippen molar-refractivity contribution in [3.05, 3.63) is 30.3 Å². The smallest absolute Gasteiger partial charge is 0.242 e. The number of para-hydroxylation sites is 1. The molecule has 0 saturated carbocycles. The maximum absolute atomic E-state index is 12.6. The average molecular weight is 289 g/mol. The molecular formula is C16H23N3O2. The summed E-state index contributed by atoms with van der Waals surface area (Å²) in [6.07, 6.45) is -0.0431. The molecule has 1 aromatic rings. The lowest BCUT2D eigenvalue weighted by Gasteiger charge is -2.39. The third-order valence-corrected chi connectivity index (χ3v) is 4.30. The molecule has 3 rings (SSSR count). The van der Waals surface area contributed by atoms with Gasteiger partial charge in [0.15, 0.2) is 0 Å². The van der Waals surface area contributed by atoms with Gasteiger partial charge in [-0.1, -0.05) is 18.2 Å². The zero-order valence-corrected chi connectivity index (χ0v) is 12.5. The second-order valence-corrected chi connectivity index (χ2v) is 5.66. The molecule has 2 atom stereocenters. The van der Waals surface area contributed by atoms with Crippen LogP contribution in [0.4, 0.5) is 5.69 Å². The Morgan fingerprint density at radius 1 is 1.19 bits per heavy atom. The number of nitrogens with zero attached hydrogens (tertiary/aromatic N) is 2. The summed E-state index contributed by atoms with van der Waals surface area (Å²) in [4.78, 5) is 16.9. The second-order valence-electron chi connectivity index (χ2n) is 5.66. The van der Waals surface area contributed by atoms with Crippen molar-refractivity contribution in [1.29, 1.82) is 0 Å². The van der Waals surface area contributed by atoms with Crippen LogP contribution in [0, 0.1) is 0 Å². The van der Waals surface area contributed by atoms with Crippen LogP contribution in [0.25, 0.3) is 0 Å². The molecule has 21 heavy (non-hydrogen) atoms. The van der Waals surface area contributed by atoms with Gasteiger partial charge in [0, 0.05) is 38.4 Å². The van der Waals surface area contributed by atoms with Gasteiger partial charge in [-0.05, 0) is 19.1 Å². The Bertz CT molecular complexity index is 472. The highest BCUT2D eigenvalue weighted by Crippen LogP contribution is 2.17. The van der Waals surface area contributed by atoms with Crippen molar-refractivity contribution in [2.75, 3.05) is 44.2 Å². The summed E-state index contributed by atoms with van der Waals surface area (Å²) in [6.45, 7) is 6.74. The molecule has 1 aromatic carbocycles. The lowest BCUT2D eigenvalue weighted by atomic mass is 10.1. The fraction of sp³-hybridized carbons (Fsp3) is 0.562. The van der Waals surface area contributed by atoms with E-state index in [-0.39, 0.29) is 18.1 Å². The SMILES string of the molecule is C[C@H]1OCCN[C@@H]1C(=O)N1CCN(c2ccccc2)CC1. The molecule has 5 heteroatoms. The predicted molar refractivity (Wildman–Crippen MR) is 82.4 cm³/mol. The Hall–Kier alpha value is -1.59. The summed E-state index contributed by atoms with van der Waals surface area (Å²) in [5.74, 6) is 0.176. The molecule has 2 heterocycles. The summed E-state index contributed by atoms with van der Waals surface area (Å²) < 4.78 is 5.57. The van der Waals surface area contributed by atoms with Crippen LogP contribution in [0.5, 0.6) is 0 Å². The van der Waals surface area contributed by atoms with Gasteiger partial charge in [-0.15, -0.1) is 0 Å². The zero-order valence-electron chi connectivity index (χ0n) is 12.5. The van der Waals surface area contributed by atoms with E-state index in [1.165, 1.54) is 5.69 Å². The van der Waals surface area contributed by atoms with Crippen molar-refractivity contribution < 1.29 is 9.53 Å². The molecule has 2 aliphatic heterocycles. The van der Waals surface area contributed by atoms with Gasteiger partial charge in [0.2, 0.25) is 5.91 Å². The summed E-state index contributed by atoms with van der Waals surface area (Å²) >= 11 is 0. The van der Waals surface area contributed by atoms with E-state index < -0.39 is 0 Å². The molecule has 0 bridgehead atoms. The van der Waals surface area contributed by atoms with Crippen molar-refractivity contribution >= 4 is 11.6 Å². The highest BCUT2D eigenvalue weighted by molar-refractivity contribution is 5.83. The molecular weight excluding hydrogens is 266 g/mol. The number of rotatable bonds is 2. The fourth-order valence-corrected chi connectivity index (χ4v) is 3.03. The number of ether oxygens (including phenoxy) is 1. The van der Waals surface area contributed by atoms with Gasteiger partial charge in [-0.3, -0.25) is 4.79 Å². The van der Waals surface area contributed by atoms with Crippen LogP contribution >= 0.6 is 0 Å². The topological polar surface area (TPSA) is 44.8 Å². The first kappa shape index (κ1) is 14.4. The van der Waals surface area contributed by atoms with Gasteiger partial charge in [0.05, 0.1) is 12.7 Å². The largest absolute Gasteiger partial charge is 0.375 e. The van der Waals surface area contributed by atoms with Crippen molar-refractivity contribution in [3.63, 3.8) is 0 Å². The number of amides is 1. The maximum Gasteiger partial charge on any atom is 0.242 e. The van der Waals surface area contributed by atoms with E-state index >= 15 is 0 Å². The molecule has 0 spiro atoms. The van der Waals surface area contributed by atoms with E-state index in [0.29, 0.717) is 6.61 Å². The van der Waals surface area contributed by atoms with E-state index in [0.717, 1.165) is 32.7 Å². The second kappa shape index (κ2) is 6.45. The number of nitrogens with one attached hydrogen (secondary N) is 1. The van der Waals surface area contributed by atoms with Crippen LogP contribution < -0.4 is 10.2 Å². The van der Waals surface area contributed by atoms with E-state index in [2.05, 4.69) is 34.5 Å². The van der Waals surface area contributed by atoms with Gasteiger partial charge in [-0.2, -0.15) is 0 Å². The predicted octanol–water partition coefficient (Wildman–Crippen LogP) is 0.712. The summed E-state index contributed by atoms with van der Waals surface area (Å²) in [5, 5.41) is 3.28. The molecule has 2 saturated heterocycles. The number of hydrogen-bond donors (Lipinski definition) is 1. The van der Waals surface area contributed by atoms with E-state index in [1.807, 2.05) is 17.9 Å². The molecule has 0 radical (unpaired) electrons. The molecule has 114 valence electrons. The standard InChI is InChI=1S/C16H23N3O2/c1-13-15(17-7-12-21-13)16(20)19-10-8-18(9-11-19)14-5-3-2-4-6-14/h2-6,13,15,17H,7-12H2,1H3/t13-,15+/m1/s1. The number of benzene rings is 1. The van der Waals surface area contributed by atoms with Gasteiger partial charge in [-0.25, -0.2) is 0 Å². The van der Waals surface area contributed by atoms with Crippen LogP contribution in [-0.2, 0) is 9.53 Å². The van der Waals surface area contributed by atoms with Gasteiger partial charge >= 0.3 is 0 Å². The third-order valence-electron chi connectivity index (χ3n) is 4.30. The van der Waals surface area contributed by atoms with E-state index in [4.69, 9.17) is 4.74 Å². The van der Waals surface area contributed by atoms with Gasteiger partial charge in [0.1, 0.15) is 6.04 Å². The number of anilines is 1. The summed E-state index contributed by atoms with van der Waals surface area (Å²) in [6, 6.07) is 10.2. The van der Waals surface area contributed by atoms with Crippen molar-refractivity contribution in [1.82, 2.24) is 10.2 Å². The van der Waals surface area contributed by atoms with Crippen LogP contribution in [0.3, 0.4) is 0 Å². The minimum Gasteiger partial charge on any atom is -0.375 e. The first-order valence-corrected chi connectivity index (χ1v) is 7.69. The number of morpholine rings is 1. The highest BCUT2D eigenvalue weighted by atomic mass is 16.5. The summed E-state index contributed by atoms with van der Waals surface area (Å²) in [5.41, 5.74) is 1.23. The van der Waals surface area contributed by atoms with E-state index in [9.17, 15) is 4.79 Å². The molecule has 1 amide bonds. The van der Waals surface area contributed by atoms with Crippen LogP contribution in [0.2, 0.25) is 0 Å². The Morgan fingerprint density at radius 2 is 1.90 bits per heavy atom. The Kier molecular flexibility index (Phi) is 4.41. The maximum atomic E-state index is 12.6. The number of carbonyl (C=O) groups is 1. The minimum atomic E-state index is -0.193. The summed E-state index contributed by atoms with van der Waals surface area (Å²) in [7, 11) is 0. The average Bonchev–Trinajstić information content (AvgIpc) is 2.56. The normalized spacial score (nSPS) is 26.7.